The van der Waals surface area contributed by atoms with Crippen molar-refractivity contribution in [3.63, 3.8) is 0 Å². The third-order valence-corrected chi connectivity index (χ3v) is 7.43. The molecule has 2 N–H and O–H groups in total. The van der Waals surface area contributed by atoms with Crippen molar-refractivity contribution in [3.05, 3.63) is 131 Å². The third-order valence-electron chi connectivity index (χ3n) is 7.43. The maximum atomic E-state index is 14.3. The monoisotopic (exact) mass is 562 g/mol. The second-order valence-corrected chi connectivity index (χ2v) is 10.0. The van der Waals surface area contributed by atoms with Gasteiger partial charge in [0.05, 0.1) is 36.7 Å². The highest BCUT2D eigenvalue weighted by Crippen LogP contribution is 2.40. The van der Waals surface area contributed by atoms with Crippen molar-refractivity contribution in [2.75, 3.05) is 13.1 Å². The normalized spacial score (nSPS) is 17.1. The van der Waals surface area contributed by atoms with Crippen LogP contribution in [0.4, 0.5) is 4.79 Å². The number of hydrogen-bond acceptors (Lipinski definition) is 5. The van der Waals surface area contributed by atoms with Crippen LogP contribution in [0.5, 0.6) is 11.5 Å². The summed E-state index contributed by atoms with van der Waals surface area (Å²) in [5, 5.41) is 5.92. The molecule has 1 aromatic heterocycles. The van der Waals surface area contributed by atoms with E-state index in [4.69, 9.17) is 9.15 Å². The minimum Gasteiger partial charge on any atom is -0.467 e. The maximum Gasteiger partial charge on any atom is 0.322 e. The molecule has 0 fully saturated rings. The minimum atomic E-state index is -0.915. The van der Waals surface area contributed by atoms with Crippen LogP contribution in [0.25, 0.3) is 0 Å². The van der Waals surface area contributed by atoms with Crippen LogP contribution in [0.2, 0.25) is 0 Å². The summed E-state index contributed by atoms with van der Waals surface area (Å²) in [6.07, 6.45) is 1.54. The van der Waals surface area contributed by atoms with Gasteiger partial charge in [-0.05, 0) is 54.4 Å². The number of urea groups is 1. The van der Waals surface area contributed by atoms with Crippen molar-refractivity contribution in [2.45, 2.75) is 25.6 Å². The maximum absolute atomic E-state index is 14.3. The first-order valence-electron chi connectivity index (χ1n) is 13.8. The molecular formula is C33H30N4O5. The average Bonchev–Trinajstić information content (AvgIpc) is 3.65. The van der Waals surface area contributed by atoms with Crippen molar-refractivity contribution in [3.8, 4) is 11.5 Å². The summed E-state index contributed by atoms with van der Waals surface area (Å²) in [4.78, 5) is 44.3. The highest BCUT2D eigenvalue weighted by molar-refractivity contribution is 6.03. The number of hydrogen-bond donors (Lipinski definition) is 2. The van der Waals surface area contributed by atoms with Crippen LogP contribution in [-0.4, -0.2) is 40.7 Å². The Balaban J connectivity index is 1.33. The summed E-state index contributed by atoms with van der Waals surface area (Å²) in [7, 11) is 0. The van der Waals surface area contributed by atoms with Crippen LogP contribution in [0.1, 0.15) is 35.9 Å². The van der Waals surface area contributed by atoms with Gasteiger partial charge >= 0.3 is 6.03 Å². The lowest BCUT2D eigenvalue weighted by Gasteiger charge is -2.33. The standard InChI is InChI=1S/C33H30N4O5/c1-2-36-27-21-37(30(22-11-5-3-6-12-22)31(38)34-20-26-17-10-18-41-26)32(39)28(27)29(35-33(36)40)23-13-9-16-25(19-23)42-24-14-7-4-8-15-24/h3-19,29-30H,2,20-21H2,1H3,(H,34,38)(H,35,40)/t29-,30-/m0/s1. The fourth-order valence-electron chi connectivity index (χ4n) is 5.48. The Hall–Kier alpha value is -5.31. The van der Waals surface area contributed by atoms with Crippen LogP contribution < -0.4 is 15.4 Å². The molecule has 3 heterocycles. The Labute approximate surface area is 243 Å². The molecular weight excluding hydrogens is 532 g/mol. The smallest absolute Gasteiger partial charge is 0.322 e. The van der Waals surface area contributed by atoms with E-state index in [1.165, 1.54) is 4.90 Å². The van der Waals surface area contributed by atoms with E-state index in [2.05, 4.69) is 10.6 Å². The molecule has 9 nitrogen and oxygen atoms in total. The van der Waals surface area contributed by atoms with Gasteiger partial charge in [-0.15, -0.1) is 0 Å². The molecule has 6 rings (SSSR count). The second kappa shape index (κ2) is 11.7. The van der Waals surface area contributed by atoms with Gasteiger partial charge in [0.1, 0.15) is 23.3 Å². The molecule has 4 aromatic rings. The Morgan fingerprint density at radius 2 is 1.71 bits per heavy atom. The third kappa shape index (κ3) is 5.24. The lowest BCUT2D eigenvalue weighted by molar-refractivity contribution is -0.136. The van der Waals surface area contributed by atoms with Gasteiger partial charge in [-0.2, -0.15) is 0 Å². The zero-order valence-electron chi connectivity index (χ0n) is 23.0. The molecule has 0 radical (unpaired) electrons. The van der Waals surface area contributed by atoms with Gasteiger partial charge in [-0.3, -0.25) is 14.5 Å². The molecule has 2 aliphatic heterocycles. The lowest BCUT2D eigenvalue weighted by atomic mass is 9.95. The molecule has 0 saturated heterocycles. The highest BCUT2D eigenvalue weighted by atomic mass is 16.5. The molecule has 4 amide bonds. The Kier molecular flexibility index (Phi) is 7.47. The summed E-state index contributed by atoms with van der Waals surface area (Å²) < 4.78 is 11.4. The molecule has 0 bridgehead atoms. The molecule has 2 atom stereocenters. The van der Waals surface area contributed by atoms with Gasteiger partial charge in [0, 0.05) is 6.54 Å². The van der Waals surface area contributed by atoms with Crippen molar-refractivity contribution in [2.24, 2.45) is 0 Å². The van der Waals surface area contributed by atoms with E-state index in [0.29, 0.717) is 46.2 Å². The molecule has 9 heteroatoms. The van der Waals surface area contributed by atoms with E-state index in [9.17, 15) is 14.4 Å². The first-order valence-corrected chi connectivity index (χ1v) is 13.8. The Bertz CT molecular complexity index is 1620. The van der Waals surface area contributed by atoms with Gasteiger partial charge in [0.15, 0.2) is 0 Å². The fourth-order valence-corrected chi connectivity index (χ4v) is 5.48. The number of ether oxygens (including phenoxy) is 1. The molecule has 0 unspecified atom stereocenters. The summed E-state index contributed by atoms with van der Waals surface area (Å²) >= 11 is 0. The highest BCUT2D eigenvalue weighted by Gasteiger charge is 2.47. The lowest BCUT2D eigenvalue weighted by Crippen LogP contribution is -2.47. The van der Waals surface area contributed by atoms with Gasteiger partial charge in [-0.1, -0.05) is 60.7 Å². The van der Waals surface area contributed by atoms with E-state index < -0.39 is 12.1 Å². The van der Waals surface area contributed by atoms with Crippen molar-refractivity contribution in [1.29, 1.82) is 0 Å². The molecule has 0 saturated carbocycles. The topological polar surface area (TPSA) is 104 Å². The minimum absolute atomic E-state index is 0.111. The number of rotatable bonds is 9. The number of nitrogens with one attached hydrogen (secondary N) is 2. The molecule has 2 aliphatic rings. The first kappa shape index (κ1) is 26.9. The number of carbonyl (C=O) groups excluding carboxylic acids is 3. The van der Waals surface area contributed by atoms with E-state index in [1.54, 1.807) is 23.3 Å². The van der Waals surface area contributed by atoms with Crippen molar-refractivity contribution in [1.82, 2.24) is 20.4 Å². The van der Waals surface area contributed by atoms with Gasteiger partial charge < -0.3 is 24.7 Å². The second-order valence-electron chi connectivity index (χ2n) is 10.0. The van der Waals surface area contributed by atoms with Gasteiger partial charge in [0.25, 0.3) is 5.91 Å². The van der Waals surface area contributed by atoms with E-state index >= 15 is 0 Å². The first-order chi connectivity index (χ1) is 20.5. The predicted octanol–water partition coefficient (Wildman–Crippen LogP) is 5.31. The SMILES string of the molecule is CCN1C(=O)N[C@@H](c2cccc(Oc3ccccc3)c2)C2=C1CN([C@H](C(=O)NCc1ccco1)c1ccccc1)C2=O. The molecule has 212 valence electrons. The fraction of sp³-hybridized carbons (Fsp3) is 0.182. The molecule has 0 spiro atoms. The zero-order valence-corrected chi connectivity index (χ0v) is 23.0. The quantitative estimate of drug-likeness (QED) is 0.288. The number of likely N-dealkylation sites (N-methyl/N-ethyl adjacent to an activating group) is 1. The van der Waals surface area contributed by atoms with Crippen molar-refractivity contribution >= 4 is 17.8 Å². The number of furan rings is 1. The average molecular weight is 563 g/mol. The summed E-state index contributed by atoms with van der Waals surface area (Å²) in [6.45, 7) is 2.52. The number of amides is 4. The molecule has 42 heavy (non-hydrogen) atoms. The van der Waals surface area contributed by atoms with E-state index in [1.807, 2.05) is 91.9 Å². The van der Waals surface area contributed by atoms with Crippen LogP contribution in [-0.2, 0) is 16.1 Å². The number of benzene rings is 3. The number of para-hydroxylation sites is 1. The van der Waals surface area contributed by atoms with Gasteiger partial charge in [0.2, 0.25) is 5.91 Å². The summed E-state index contributed by atoms with van der Waals surface area (Å²) in [6, 6.07) is 27.5. The summed E-state index contributed by atoms with van der Waals surface area (Å²) in [5.41, 5.74) is 2.40. The van der Waals surface area contributed by atoms with E-state index in [-0.39, 0.29) is 30.9 Å². The molecule has 3 aromatic carbocycles. The van der Waals surface area contributed by atoms with E-state index in [0.717, 1.165) is 0 Å². The Morgan fingerprint density at radius 1 is 0.976 bits per heavy atom. The zero-order chi connectivity index (χ0) is 29.1. The number of carbonyl (C=O) groups is 3. The largest absolute Gasteiger partial charge is 0.467 e. The predicted molar refractivity (Wildman–Crippen MR) is 155 cm³/mol. The van der Waals surface area contributed by atoms with Crippen LogP contribution >= 0.6 is 0 Å². The summed E-state index contributed by atoms with van der Waals surface area (Å²) in [5.74, 6) is 1.20. The van der Waals surface area contributed by atoms with Crippen LogP contribution in [0, 0.1) is 0 Å². The van der Waals surface area contributed by atoms with Crippen LogP contribution in [0.15, 0.2) is 119 Å². The van der Waals surface area contributed by atoms with Crippen LogP contribution in [0.3, 0.4) is 0 Å². The van der Waals surface area contributed by atoms with Gasteiger partial charge in [-0.25, -0.2) is 4.79 Å². The number of nitrogens with zero attached hydrogens (tertiary/aromatic N) is 2. The Morgan fingerprint density at radius 3 is 2.43 bits per heavy atom. The van der Waals surface area contributed by atoms with Crippen molar-refractivity contribution < 1.29 is 23.5 Å². The molecule has 0 aliphatic carbocycles.